The highest BCUT2D eigenvalue weighted by molar-refractivity contribution is 7.09. The van der Waals surface area contributed by atoms with Gasteiger partial charge >= 0.3 is 0 Å². The Labute approximate surface area is 80.6 Å². The lowest BCUT2D eigenvalue weighted by molar-refractivity contribution is -0.132. The third-order valence-corrected chi connectivity index (χ3v) is 2.78. The number of rotatable bonds is 2. The number of carbonyl (C=O) groups excluding carboxylic acids is 1. The molecule has 0 saturated carbocycles. The number of hydrogen-bond donors (Lipinski definition) is 1. The standard InChI is InChI=1S/C8H11N3OS/c12-8-4-9-1-2-11(8)5-7-3-10-6-13-7/h3,6,9H,1-2,4-5H2. The number of hydrogen-bond acceptors (Lipinski definition) is 4. The summed E-state index contributed by atoms with van der Waals surface area (Å²) < 4.78 is 0. The fraction of sp³-hybridized carbons (Fsp3) is 0.500. The Bertz CT molecular complexity index is 286. The van der Waals surface area contributed by atoms with Gasteiger partial charge in [-0.1, -0.05) is 0 Å². The first-order valence-electron chi connectivity index (χ1n) is 4.22. The molecule has 0 atom stereocenters. The number of nitrogens with one attached hydrogen (secondary N) is 1. The van der Waals surface area contributed by atoms with Crippen molar-refractivity contribution >= 4 is 17.2 Å². The largest absolute Gasteiger partial charge is 0.335 e. The van der Waals surface area contributed by atoms with Crippen molar-refractivity contribution in [2.45, 2.75) is 6.54 Å². The van der Waals surface area contributed by atoms with Crippen molar-refractivity contribution in [2.24, 2.45) is 0 Å². The van der Waals surface area contributed by atoms with E-state index in [-0.39, 0.29) is 5.91 Å². The number of thiazole rings is 1. The second-order valence-electron chi connectivity index (χ2n) is 2.96. The maximum absolute atomic E-state index is 11.4. The minimum Gasteiger partial charge on any atom is -0.335 e. The lowest BCUT2D eigenvalue weighted by Gasteiger charge is -2.26. The second-order valence-corrected chi connectivity index (χ2v) is 3.93. The summed E-state index contributed by atoms with van der Waals surface area (Å²) in [6, 6.07) is 0. The predicted octanol–water partition coefficient (Wildman–Crippen LogP) is 0.0749. The van der Waals surface area contributed by atoms with E-state index in [2.05, 4.69) is 10.3 Å². The Kier molecular flexibility index (Phi) is 2.56. The molecule has 1 aromatic rings. The Balaban J connectivity index is 1.97. The van der Waals surface area contributed by atoms with Crippen LogP contribution in [0.4, 0.5) is 0 Å². The summed E-state index contributed by atoms with van der Waals surface area (Å²) in [5, 5.41) is 3.04. The molecular weight excluding hydrogens is 186 g/mol. The Hall–Kier alpha value is -0.940. The Morgan fingerprint density at radius 3 is 3.31 bits per heavy atom. The van der Waals surface area contributed by atoms with Crippen LogP contribution in [-0.2, 0) is 11.3 Å². The van der Waals surface area contributed by atoms with E-state index in [4.69, 9.17) is 0 Å². The van der Waals surface area contributed by atoms with E-state index in [9.17, 15) is 4.79 Å². The molecular formula is C8H11N3OS. The van der Waals surface area contributed by atoms with Gasteiger partial charge in [0.15, 0.2) is 0 Å². The number of aromatic nitrogens is 1. The van der Waals surface area contributed by atoms with Gasteiger partial charge in [-0.2, -0.15) is 0 Å². The van der Waals surface area contributed by atoms with Crippen LogP contribution in [0.25, 0.3) is 0 Å². The predicted molar refractivity (Wildman–Crippen MR) is 50.4 cm³/mol. The van der Waals surface area contributed by atoms with Gasteiger partial charge in [0.1, 0.15) is 0 Å². The number of piperazine rings is 1. The average molecular weight is 197 g/mol. The summed E-state index contributed by atoms with van der Waals surface area (Å²) in [7, 11) is 0. The molecule has 1 aliphatic rings. The van der Waals surface area contributed by atoms with Crippen LogP contribution < -0.4 is 5.32 Å². The van der Waals surface area contributed by atoms with Crippen molar-refractivity contribution in [3.8, 4) is 0 Å². The van der Waals surface area contributed by atoms with Crippen LogP contribution in [0, 0.1) is 0 Å². The fourth-order valence-corrected chi connectivity index (χ4v) is 1.93. The second kappa shape index (κ2) is 3.85. The van der Waals surface area contributed by atoms with E-state index in [0.717, 1.165) is 18.0 Å². The maximum atomic E-state index is 11.4. The molecule has 1 saturated heterocycles. The summed E-state index contributed by atoms with van der Waals surface area (Å²) in [6.45, 7) is 2.88. The molecule has 4 nitrogen and oxygen atoms in total. The quantitative estimate of drug-likeness (QED) is 0.730. The van der Waals surface area contributed by atoms with Crippen molar-refractivity contribution in [1.29, 1.82) is 0 Å². The van der Waals surface area contributed by atoms with Crippen LogP contribution in [-0.4, -0.2) is 35.4 Å². The summed E-state index contributed by atoms with van der Waals surface area (Å²) in [5.41, 5.74) is 1.79. The minimum absolute atomic E-state index is 0.180. The molecule has 1 amide bonds. The SMILES string of the molecule is O=C1CNCCN1Cc1cncs1. The van der Waals surface area contributed by atoms with E-state index < -0.39 is 0 Å². The van der Waals surface area contributed by atoms with E-state index >= 15 is 0 Å². The molecule has 2 heterocycles. The van der Waals surface area contributed by atoms with Crippen LogP contribution in [0.2, 0.25) is 0 Å². The highest BCUT2D eigenvalue weighted by Crippen LogP contribution is 2.10. The third-order valence-electron chi connectivity index (χ3n) is 2.02. The van der Waals surface area contributed by atoms with Crippen LogP contribution in [0.1, 0.15) is 4.88 Å². The lowest BCUT2D eigenvalue weighted by atomic mass is 10.3. The van der Waals surface area contributed by atoms with Gasteiger partial charge in [-0.25, -0.2) is 0 Å². The van der Waals surface area contributed by atoms with Gasteiger partial charge in [0.25, 0.3) is 0 Å². The summed E-state index contributed by atoms with van der Waals surface area (Å²) >= 11 is 1.59. The number of amides is 1. The van der Waals surface area contributed by atoms with Crippen LogP contribution in [0.5, 0.6) is 0 Å². The smallest absolute Gasteiger partial charge is 0.236 e. The minimum atomic E-state index is 0.180. The third kappa shape index (κ3) is 2.05. The zero-order chi connectivity index (χ0) is 9.10. The Morgan fingerprint density at radius 1 is 1.69 bits per heavy atom. The van der Waals surface area contributed by atoms with Crippen LogP contribution >= 0.6 is 11.3 Å². The van der Waals surface area contributed by atoms with Crippen molar-refractivity contribution < 1.29 is 4.79 Å². The van der Waals surface area contributed by atoms with Crippen LogP contribution in [0.15, 0.2) is 11.7 Å². The first kappa shape index (κ1) is 8.65. The first-order valence-corrected chi connectivity index (χ1v) is 5.10. The molecule has 0 aromatic carbocycles. The molecule has 70 valence electrons. The molecule has 0 aliphatic carbocycles. The summed E-state index contributed by atoms with van der Waals surface area (Å²) in [5.74, 6) is 0.180. The van der Waals surface area contributed by atoms with E-state index in [1.54, 1.807) is 16.8 Å². The van der Waals surface area contributed by atoms with Gasteiger partial charge in [-0.3, -0.25) is 9.78 Å². The van der Waals surface area contributed by atoms with Crippen molar-refractivity contribution in [1.82, 2.24) is 15.2 Å². The van der Waals surface area contributed by atoms with Crippen LogP contribution in [0.3, 0.4) is 0 Å². The maximum Gasteiger partial charge on any atom is 0.236 e. The van der Waals surface area contributed by atoms with E-state index in [1.165, 1.54) is 0 Å². The van der Waals surface area contributed by atoms with Crippen molar-refractivity contribution in [2.75, 3.05) is 19.6 Å². The highest BCUT2D eigenvalue weighted by Gasteiger charge is 2.17. The average Bonchev–Trinajstić information content (AvgIpc) is 2.61. The molecule has 0 unspecified atom stereocenters. The molecule has 5 heteroatoms. The molecule has 1 aromatic heterocycles. The number of carbonyl (C=O) groups is 1. The topological polar surface area (TPSA) is 45.2 Å². The molecule has 2 rings (SSSR count). The lowest BCUT2D eigenvalue weighted by Crippen LogP contribution is -2.47. The molecule has 0 bridgehead atoms. The highest BCUT2D eigenvalue weighted by atomic mass is 32.1. The van der Waals surface area contributed by atoms with Gasteiger partial charge in [0.2, 0.25) is 5.91 Å². The first-order chi connectivity index (χ1) is 6.36. The van der Waals surface area contributed by atoms with E-state index in [0.29, 0.717) is 13.1 Å². The van der Waals surface area contributed by atoms with Gasteiger partial charge in [0.05, 0.1) is 18.6 Å². The van der Waals surface area contributed by atoms with Crippen molar-refractivity contribution in [3.05, 3.63) is 16.6 Å². The van der Waals surface area contributed by atoms with E-state index in [1.807, 2.05) is 11.1 Å². The fourth-order valence-electron chi connectivity index (χ4n) is 1.32. The molecule has 0 spiro atoms. The molecule has 1 fully saturated rings. The molecule has 1 aliphatic heterocycles. The molecule has 13 heavy (non-hydrogen) atoms. The molecule has 0 radical (unpaired) electrons. The van der Waals surface area contributed by atoms with Gasteiger partial charge < -0.3 is 10.2 Å². The van der Waals surface area contributed by atoms with Crippen molar-refractivity contribution in [3.63, 3.8) is 0 Å². The normalized spacial score (nSPS) is 17.8. The van der Waals surface area contributed by atoms with Gasteiger partial charge in [-0.15, -0.1) is 11.3 Å². The summed E-state index contributed by atoms with van der Waals surface area (Å²) in [6.07, 6.45) is 1.82. The summed E-state index contributed by atoms with van der Waals surface area (Å²) in [4.78, 5) is 18.4. The zero-order valence-corrected chi connectivity index (χ0v) is 8.01. The molecule has 1 N–H and O–H groups in total. The monoisotopic (exact) mass is 197 g/mol. The van der Waals surface area contributed by atoms with Gasteiger partial charge in [0, 0.05) is 24.2 Å². The van der Waals surface area contributed by atoms with Gasteiger partial charge in [-0.05, 0) is 0 Å². The number of nitrogens with zero attached hydrogens (tertiary/aromatic N) is 2. The zero-order valence-electron chi connectivity index (χ0n) is 7.19. The Morgan fingerprint density at radius 2 is 2.62 bits per heavy atom.